The second kappa shape index (κ2) is 6.51. The molecule has 2 nitrogen and oxygen atoms in total. The molecule has 18 heavy (non-hydrogen) atoms. The molecule has 1 saturated heterocycles. The van der Waals surface area contributed by atoms with Gasteiger partial charge in [0.2, 0.25) is 0 Å². The average molecular weight is 331 g/mol. The van der Waals surface area contributed by atoms with Gasteiger partial charge in [-0.3, -0.25) is 0 Å². The third-order valence-electron chi connectivity index (χ3n) is 3.51. The van der Waals surface area contributed by atoms with Crippen LogP contribution in [0.2, 0.25) is 0 Å². The van der Waals surface area contributed by atoms with Crippen LogP contribution in [0.25, 0.3) is 0 Å². The normalized spacial score (nSPS) is 20.2. The molecular weight excluding hydrogens is 308 g/mol. The smallest absolute Gasteiger partial charge is 0.0300 e. The molecule has 1 aliphatic rings. The van der Waals surface area contributed by atoms with Crippen molar-refractivity contribution in [2.24, 2.45) is 5.41 Å². The molecule has 102 valence electrons. The fourth-order valence-corrected chi connectivity index (χ4v) is 4.05. The van der Waals surface area contributed by atoms with Gasteiger partial charge in [-0.05, 0) is 46.8 Å². The third-order valence-corrected chi connectivity index (χ3v) is 5.20. The maximum Gasteiger partial charge on any atom is 0.0300 e. The number of piperidine rings is 1. The minimum Gasteiger partial charge on any atom is -0.311 e. The number of thiophene rings is 1. The fourth-order valence-electron chi connectivity index (χ4n) is 2.63. The van der Waals surface area contributed by atoms with Crippen molar-refractivity contribution in [3.63, 3.8) is 0 Å². The first-order valence-electron chi connectivity index (χ1n) is 6.71. The van der Waals surface area contributed by atoms with E-state index in [1.165, 1.54) is 41.8 Å². The molecule has 0 saturated carbocycles. The van der Waals surface area contributed by atoms with Gasteiger partial charge in [-0.2, -0.15) is 0 Å². The molecule has 1 N–H and O–H groups in total. The molecule has 0 bridgehead atoms. The first-order chi connectivity index (χ1) is 8.55. The highest BCUT2D eigenvalue weighted by Crippen LogP contribution is 2.27. The van der Waals surface area contributed by atoms with E-state index in [2.05, 4.69) is 51.4 Å². The number of nitrogens with one attached hydrogen (secondary N) is 1. The quantitative estimate of drug-likeness (QED) is 0.827. The minimum absolute atomic E-state index is 0.511. The molecule has 1 aromatic heterocycles. The van der Waals surface area contributed by atoms with Gasteiger partial charge in [0, 0.05) is 40.9 Å². The zero-order chi connectivity index (χ0) is 13.0. The largest absolute Gasteiger partial charge is 0.311 e. The molecule has 0 unspecified atom stereocenters. The molecule has 0 aliphatic carbocycles. The van der Waals surface area contributed by atoms with Crippen LogP contribution in [0.4, 0.5) is 0 Å². The molecule has 0 spiro atoms. The van der Waals surface area contributed by atoms with Crippen LogP contribution in [-0.4, -0.2) is 31.1 Å². The Morgan fingerprint density at radius 1 is 1.50 bits per heavy atom. The maximum atomic E-state index is 3.54. The van der Waals surface area contributed by atoms with E-state index in [9.17, 15) is 0 Å². The fraction of sp³-hybridized carbons (Fsp3) is 0.714. The Labute approximate surface area is 123 Å². The van der Waals surface area contributed by atoms with Crippen molar-refractivity contribution in [3.8, 4) is 0 Å². The van der Waals surface area contributed by atoms with Crippen molar-refractivity contribution in [1.82, 2.24) is 10.2 Å². The van der Waals surface area contributed by atoms with E-state index < -0.39 is 0 Å². The van der Waals surface area contributed by atoms with Crippen LogP contribution in [0.5, 0.6) is 0 Å². The molecule has 0 atom stereocenters. The zero-order valence-corrected chi connectivity index (χ0v) is 13.7. The van der Waals surface area contributed by atoms with Crippen LogP contribution in [0, 0.1) is 5.41 Å². The Morgan fingerprint density at radius 3 is 3.00 bits per heavy atom. The van der Waals surface area contributed by atoms with E-state index >= 15 is 0 Å². The lowest BCUT2D eigenvalue weighted by molar-refractivity contribution is 0.118. The molecule has 0 amide bonds. The Hall–Kier alpha value is 0.1000. The van der Waals surface area contributed by atoms with E-state index in [4.69, 9.17) is 0 Å². The second-order valence-corrected chi connectivity index (χ2v) is 7.86. The molecule has 2 rings (SSSR count). The van der Waals surface area contributed by atoms with Crippen LogP contribution in [-0.2, 0) is 6.54 Å². The predicted molar refractivity (Wildman–Crippen MR) is 83.2 cm³/mol. The van der Waals surface area contributed by atoms with Gasteiger partial charge in [-0.25, -0.2) is 0 Å². The number of hydrogen-bond acceptors (Lipinski definition) is 3. The second-order valence-electron chi connectivity index (χ2n) is 5.95. The molecule has 4 heteroatoms. The first-order valence-corrected chi connectivity index (χ1v) is 8.38. The summed E-state index contributed by atoms with van der Waals surface area (Å²) in [4.78, 5) is 4.00. The summed E-state index contributed by atoms with van der Waals surface area (Å²) in [6, 6.07) is 2.20. The van der Waals surface area contributed by atoms with E-state index in [1.807, 2.05) is 11.3 Å². The highest BCUT2D eigenvalue weighted by atomic mass is 79.9. The predicted octanol–water partition coefficient (Wildman–Crippen LogP) is 3.72. The summed E-state index contributed by atoms with van der Waals surface area (Å²) >= 11 is 5.30. The molecule has 0 radical (unpaired) electrons. The Kier molecular flexibility index (Phi) is 5.24. The topological polar surface area (TPSA) is 15.3 Å². The summed E-state index contributed by atoms with van der Waals surface area (Å²) in [5, 5.41) is 5.68. The van der Waals surface area contributed by atoms with Gasteiger partial charge in [0.25, 0.3) is 0 Å². The zero-order valence-electron chi connectivity index (χ0n) is 11.3. The molecule has 0 aromatic carbocycles. The Bertz CT molecular complexity index is 376. The first kappa shape index (κ1) is 14.5. The minimum atomic E-state index is 0.511. The summed E-state index contributed by atoms with van der Waals surface area (Å²) in [6.07, 6.45) is 2.73. The molecule has 2 heterocycles. The van der Waals surface area contributed by atoms with Crippen molar-refractivity contribution in [2.75, 3.05) is 26.2 Å². The van der Waals surface area contributed by atoms with E-state index in [0.717, 1.165) is 13.1 Å². The van der Waals surface area contributed by atoms with Crippen LogP contribution in [0.3, 0.4) is 0 Å². The summed E-state index contributed by atoms with van der Waals surface area (Å²) in [5.74, 6) is 0. The monoisotopic (exact) mass is 330 g/mol. The van der Waals surface area contributed by atoms with Crippen LogP contribution >= 0.6 is 27.3 Å². The molecule has 1 aromatic rings. The molecular formula is C14H23BrN2S. The van der Waals surface area contributed by atoms with E-state index in [1.54, 1.807) is 0 Å². The van der Waals surface area contributed by atoms with Crippen molar-refractivity contribution in [1.29, 1.82) is 0 Å². The lowest BCUT2D eigenvalue weighted by Gasteiger charge is -2.38. The van der Waals surface area contributed by atoms with Crippen molar-refractivity contribution < 1.29 is 0 Å². The number of likely N-dealkylation sites (tertiary alicyclic amines) is 1. The summed E-state index contributed by atoms with van der Waals surface area (Å²) in [5.41, 5.74) is 0.511. The Morgan fingerprint density at radius 2 is 2.33 bits per heavy atom. The van der Waals surface area contributed by atoms with Crippen molar-refractivity contribution in [3.05, 3.63) is 20.8 Å². The van der Waals surface area contributed by atoms with Crippen LogP contribution in [0.1, 0.15) is 31.6 Å². The van der Waals surface area contributed by atoms with Gasteiger partial charge < -0.3 is 10.2 Å². The summed E-state index contributed by atoms with van der Waals surface area (Å²) in [6.45, 7) is 10.6. The van der Waals surface area contributed by atoms with Gasteiger partial charge in [0.05, 0.1) is 0 Å². The Balaban J connectivity index is 1.63. The highest BCUT2D eigenvalue weighted by molar-refractivity contribution is 9.10. The number of hydrogen-bond donors (Lipinski definition) is 1. The van der Waals surface area contributed by atoms with Gasteiger partial charge in [-0.15, -0.1) is 11.3 Å². The number of nitrogens with zero attached hydrogens (tertiary/aromatic N) is 1. The average Bonchev–Trinajstić information content (AvgIpc) is 2.69. The summed E-state index contributed by atoms with van der Waals surface area (Å²) < 4.78 is 1.20. The van der Waals surface area contributed by atoms with Gasteiger partial charge in [-0.1, -0.05) is 13.8 Å². The van der Waals surface area contributed by atoms with Gasteiger partial charge in [0.1, 0.15) is 0 Å². The lowest BCUT2D eigenvalue weighted by Crippen LogP contribution is -2.42. The third kappa shape index (κ3) is 4.65. The standard InChI is InChI=1S/C14H23BrN2S/c1-14(2)4-3-6-17(11-14)7-5-16-9-13-8-12(15)10-18-13/h8,10,16H,3-7,9,11H2,1-2H3. The SMILES string of the molecule is CC1(C)CCCN(CCNCc2cc(Br)cs2)C1. The maximum absolute atomic E-state index is 3.54. The van der Waals surface area contributed by atoms with E-state index in [0.29, 0.717) is 5.41 Å². The number of rotatable bonds is 5. The van der Waals surface area contributed by atoms with Gasteiger partial charge >= 0.3 is 0 Å². The molecule has 1 fully saturated rings. The van der Waals surface area contributed by atoms with Crippen LogP contribution in [0.15, 0.2) is 15.9 Å². The van der Waals surface area contributed by atoms with Crippen molar-refractivity contribution in [2.45, 2.75) is 33.2 Å². The number of halogens is 1. The van der Waals surface area contributed by atoms with Crippen LogP contribution < -0.4 is 5.32 Å². The van der Waals surface area contributed by atoms with Gasteiger partial charge in [0.15, 0.2) is 0 Å². The molecule has 1 aliphatic heterocycles. The van der Waals surface area contributed by atoms with E-state index in [-0.39, 0.29) is 0 Å². The highest BCUT2D eigenvalue weighted by Gasteiger charge is 2.25. The summed E-state index contributed by atoms with van der Waals surface area (Å²) in [7, 11) is 0. The van der Waals surface area contributed by atoms with Crippen molar-refractivity contribution >= 4 is 27.3 Å². The lowest BCUT2D eigenvalue weighted by atomic mass is 9.84.